The zero-order valence-electron chi connectivity index (χ0n) is 18.6. The Morgan fingerprint density at radius 1 is 1.13 bits per heavy atom. The molecule has 162 valence electrons. The van der Waals surface area contributed by atoms with Gasteiger partial charge in [-0.05, 0) is 74.5 Å². The molecule has 3 rings (SSSR count). The molecule has 1 heterocycles. The van der Waals surface area contributed by atoms with Gasteiger partial charge in [-0.3, -0.25) is 9.69 Å². The van der Waals surface area contributed by atoms with Crippen molar-refractivity contribution in [2.24, 2.45) is 5.92 Å². The number of carbonyl (C=O) groups is 1. The van der Waals surface area contributed by atoms with Gasteiger partial charge < -0.3 is 14.8 Å². The van der Waals surface area contributed by atoms with Gasteiger partial charge in [-0.2, -0.15) is 0 Å². The fourth-order valence-corrected chi connectivity index (χ4v) is 3.91. The summed E-state index contributed by atoms with van der Waals surface area (Å²) >= 11 is 0. The lowest BCUT2D eigenvalue weighted by Crippen LogP contribution is -2.33. The molecule has 1 atom stereocenters. The van der Waals surface area contributed by atoms with E-state index in [1.807, 2.05) is 44.2 Å². The summed E-state index contributed by atoms with van der Waals surface area (Å²) in [6.45, 7) is 9.99. The Morgan fingerprint density at radius 2 is 1.87 bits per heavy atom. The van der Waals surface area contributed by atoms with Gasteiger partial charge >= 0.3 is 0 Å². The molecule has 2 aromatic rings. The Morgan fingerprint density at radius 3 is 2.53 bits per heavy atom. The largest absolute Gasteiger partial charge is 0.493 e. The standard InChI is InChI=1S/C25H34N2O3/c1-18(2)30-23-12-9-21(14-24(23)29-4)15-26-25(28)22-10-7-20(8-11-22)17-27-13-5-6-19(3)16-27/h7-12,14,18-19H,5-6,13,15-17H2,1-4H3,(H,26,28)/t19-/m0/s1. The molecule has 1 amide bonds. The summed E-state index contributed by atoms with van der Waals surface area (Å²) in [5, 5.41) is 2.99. The number of rotatable bonds is 8. The molecular weight excluding hydrogens is 376 g/mol. The third-order valence-electron chi connectivity index (χ3n) is 5.41. The molecule has 0 saturated carbocycles. The molecule has 30 heavy (non-hydrogen) atoms. The molecule has 1 aliphatic rings. The van der Waals surface area contributed by atoms with Crippen molar-refractivity contribution in [3.8, 4) is 11.5 Å². The predicted molar refractivity (Wildman–Crippen MR) is 120 cm³/mol. The lowest BCUT2D eigenvalue weighted by Gasteiger charge is -2.30. The fraction of sp³-hybridized carbons (Fsp3) is 0.480. The van der Waals surface area contributed by atoms with Crippen LogP contribution >= 0.6 is 0 Å². The number of likely N-dealkylation sites (tertiary alicyclic amines) is 1. The number of nitrogens with one attached hydrogen (secondary N) is 1. The highest BCUT2D eigenvalue weighted by atomic mass is 16.5. The van der Waals surface area contributed by atoms with Gasteiger partial charge in [-0.1, -0.05) is 25.1 Å². The number of amides is 1. The van der Waals surface area contributed by atoms with E-state index in [9.17, 15) is 4.79 Å². The molecular formula is C25H34N2O3. The van der Waals surface area contributed by atoms with Gasteiger partial charge in [0, 0.05) is 25.2 Å². The molecule has 1 N–H and O–H groups in total. The van der Waals surface area contributed by atoms with Crippen LogP contribution in [0.1, 0.15) is 55.1 Å². The lowest BCUT2D eigenvalue weighted by molar-refractivity contribution is 0.0951. The van der Waals surface area contributed by atoms with Crippen molar-refractivity contribution in [3.63, 3.8) is 0 Å². The summed E-state index contributed by atoms with van der Waals surface area (Å²) in [5.41, 5.74) is 2.90. The minimum Gasteiger partial charge on any atom is -0.493 e. The molecule has 0 spiro atoms. The molecule has 0 unspecified atom stereocenters. The number of hydrogen-bond donors (Lipinski definition) is 1. The summed E-state index contributed by atoms with van der Waals surface area (Å²) in [5.74, 6) is 2.08. The van der Waals surface area contributed by atoms with Crippen molar-refractivity contribution < 1.29 is 14.3 Å². The minimum absolute atomic E-state index is 0.0744. The second kappa shape index (κ2) is 10.5. The molecule has 5 heteroatoms. The van der Waals surface area contributed by atoms with Crippen LogP contribution in [0.25, 0.3) is 0 Å². The zero-order valence-corrected chi connectivity index (χ0v) is 18.6. The minimum atomic E-state index is -0.0744. The van der Waals surface area contributed by atoms with E-state index >= 15 is 0 Å². The molecule has 5 nitrogen and oxygen atoms in total. The number of benzene rings is 2. The molecule has 0 radical (unpaired) electrons. The highest BCUT2D eigenvalue weighted by Gasteiger charge is 2.16. The molecule has 0 aliphatic carbocycles. The van der Waals surface area contributed by atoms with Crippen LogP contribution in [0.2, 0.25) is 0 Å². The van der Waals surface area contributed by atoms with Crippen LogP contribution in [0.5, 0.6) is 11.5 Å². The van der Waals surface area contributed by atoms with E-state index in [4.69, 9.17) is 9.47 Å². The van der Waals surface area contributed by atoms with Crippen LogP contribution in [0.3, 0.4) is 0 Å². The van der Waals surface area contributed by atoms with E-state index < -0.39 is 0 Å². The Hall–Kier alpha value is -2.53. The van der Waals surface area contributed by atoms with Crippen molar-refractivity contribution >= 4 is 5.91 Å². The predicted octanol–water partition coefficient (Wildman–Crippen LogP) is 4.64. The van der Waals surface area contributed by atoms with Crippen LogP contribution in [-0.4, -0.2) is 37.1 Å². The third kappa shape index (κ3) is 6.23. The maximum atomic E-state index is 12.6. The molecule has 0 aromatic heterocycles. The zero-order chi connectivity index (χ0) is 21.5. The number of nitrogens with zero attached hydrogens (tertiary/aromatic N) is 1. The van der Waals surface area contributed by atoms with E-state index in [0.717, 1.165) is 31.1 Å². The molecule has 0 bridgehead atoms. The van der Waals surface area contributed by atoms with Crippen molar-refractivity contribution in [1.82, 2.24) is 10.2 Å². The topological polar surface area (TPSA) is 50.8 Å². The summed E-state index contributed by atoms with van der Waals surface area (Å²) in [6.07, 6.45) is 2.68. The van der Waals surface area contributed by atoms with Crippen molar-refractivity contribution in [1.29, 1.82) is 0 Å². The first-order valence-electron chi connectivity index (χ1n) is 10.9. The highest BCUT2D eigenvalue weighted by Crippen LogP contribution is 2.29. The van der Waals surface area contributed by atoms with Gasteiger partial charge in [-0.25, -0.2) is 0 Å². The van der Waals surface area contributed by atoms with Crippen LogP contribution < -0.4 is 14.8 Å². The second-order valence-electron chi connectivity index (χ2n) is 8.51. The Labute approximate surface area is 180 Å². The highest BCUT2D eigenvalue weighted by molar-refractivity contribution is 5.94. The maximum absolute atomic E-state index is 12.6. The van der Waals surface area contributed by atoms with Crippen molar-refractivity contribution in [2.45, 2.75) is 52.8 Å². The fourth-order valence-electron chi connectivity index (χ4n) is 3.91. The van der Waals surface area contributed by atoms with E-state index in [-0.39, 0.29) is 12.0 Å². The smallest absolute Gasteiger partial charge is 0.251 e. The molecule has 1 saturated heterocycles. The quantitative estimate of drug-likeness (QED) is 0.689. The van der Waals surface area contributed by atoms with Crippen LogP contribution in [0.4, 0.5) is 0 Å². The van der Waals surface area contributed by atoms with E-state index in [1.165, 1.54) is 18.4 Å². The Balaban J connectivity index is 1.54. The SMILES string of the molecule is COc1cc(CNC(=O)c2ccc(CN3CCC[C@H](C)C3)cc2)ccc1OC(C)C. The Bertz CT molecular complexity index is 833. The van der Waals surface area contributed by atoms with Crippen molar-refractivity contribution in [3.05, 3.63) is 59.2 Å². The summed E-state index contributed by atoms with van der Waals surface area (Å²) < 4.78 is 11.2. The van der Waals surface area contributed by atoms with E-state index in [1.54, 1.807) is 7.11 Å². The lowest BCUT2D eigenvalue weighted by atomic mass is 9.99. The average Bonchev–Trinajstić information content (AvgIpc) is 2.73. The van der Waals surface area contributed by atoms with E-state index in [0.29, 0.717) is 23.6 Å². The van der Waals surface area contributed by atoms with Gasteiger partial charge in [0.1, 0.15) is 0 Å². The monoisotopic (exact) mass is 410 g/mol. The number of hydrogen-bond acceptors (Lipinski definition) is 4. The number of ether oxygens (including phenoxy) is 2. The van der Waals surface area contributed by atoms with Gasteiger partial charge in [-0.15, -0.1) is 0 Å². The Kier molecular flexibility index (Phi) is 7.75. The van der Waals surface area contributed by atoms with E-state index in [2.05, 4.69) is 29.3 Å². The van der Waals surface area contributed by atoms with Gasteiger partial charge in [0.2, 0.25) is 0 Å². The second-order valence-corrected chi connectivity index (χ2v) is 8.51. The number of piperidine rings is 1. The summed E-state index contributed by atoms with van der Waals surface area (Å²) in [6, 6.07) is 13.7. The number of methoxy groups -OCH3 is 1. The summed E-state index contributed by atoms with van der Waals surface area (Å²) in [7, 11) is 1.62. The average molecular weight is 411 g/mol. The van der Waals surface area contributed by atoms with Crippen LogP contribution in [0.15, 0.2) is 42.5 Å². The molecule has 1 fully saturated rings. The third-order valence-corrected chi connectivity index (χ3v) is 5.41. The first-order chi connectivity index (χ1) is 14.4. The first kappa shape index (κ1) is 22.2. The molecule has 2 aromatic carbocycles. The summed E-state index contributed by atoms with van der Waals surface area (Å²) in [4.78, 5) is 15.1. The molecule has 1 aliphatic heterocycles. The van der Waals surface area contributed by atoms with Crippen LogP contribution in [-0.2, 0) is 13.1 Å². The van der Waals surface area contributed by atoms with Crippen LogP contribution in [0, 0.1) is 5.92 Å². The number of carbonyl (C=O) groups excluding carboxylic acids is 1. The normalized spacial score (nSPS) is 17.0. The van der Waals surface area contributed by atoms with Gasteiger partial charge in [0.25, 0.3) is 5.91 Å². The van der Waals surface area contributed by atoms with Gasteiger partial charge in [0.05, 0.1) is 13.2 Å². The van der Waals surface area contributed by atoms with Gasteiger partial charge in [0.15, 0.2) is 11.5 Å². The van der Waals surface area contributed by atoms with Crippen molar-refractivity contribution in [2.75, 3.05) is 20.2 Å². The first-order valence-corrected chi connectivity index (χ1v) is 10.9. The maximum Gasteiger partial charge on any atom is 0.251 e.